The van der Waals surface area contributed by atoms with Gasteiger partial charge in [0, 0.05) is 30.4 Å². The summed E-state index contributed by atoms with van der Waals surface area (Å²) >= 11 is 0. The number of anilines is 1. The maximum atomic E-state index is 12.2. The van der Waals surface area contributed by atoms with Crippen LogP contribution in [-0.2, 0) is 7.05 Å². The van der Waals surface area contributed by atoms with E-state index < -0.39 is 0 Å². The maximum Gasteiger partial charge on any atom is 0.258 e. The molecule has 3 rings (SSSR count). The van der Waals surface area contributed by atoms with Crippen molar-refractivity contribution in [1.82, 2.24) is 19.7 Å². The maximum absolute atomic E-state index is 12.2. The van der Waals surface area contributed by atoms with Gasteiger partial charge in [-0.15, -0.1) is 0 Å². The van der Waals surface area contributed by atoms with Crippen molar-refractivity contribution >= 4 is 11.9 Å². The lowest BCUT2D eigenvalue weighted by atomic mass is 10.2. The standard InChI is InChI=1S/C13H15N5O/c1-8-15-13(18(2)17-8)16-12(19)10-5-6-14-11(7-10)9-3-4-9/h5-7,9H,3-4H2,1-2H3,(H,15,16,17,19). The molecule has 98 valence electrons. The Balaban J connectivity index is 1.80. The molecule has 0 aromatic carbocycles. The predicted octanol–water partition coefficient (Wildman–Crippen LogP) is 1.65. The number of aromatic nitrogens is 4. The highest BCUT2D eigenvalue weighted by molar-refractivity contribution is 6.03. The molecule has 2 heterocycles. The molecule has 2 aromatic heterocycles. The highest BCUT2D eigenvalue weighted by Gasteiger charge is 2.25. The number of hydrogen-bond donors (Lipinski definition) is 1. The van der Waals surface area contributed by atoms with Gasteiger partial charge < -0.3 is 0 Å². The van der Waals surface area contributed by atoms with Gasteiger partial charge in [0.05, 0.1) is 0 Å². The molecule has 6 nitrogen and oxygen atoms in total. The number of hydrogen-bond acceptors (Lipinski definition) is 4. The van der Waals surface area contributed by atoms with E-state index in [2.05, 4.69) is 20.4 Å². The van der Waals surface area contributed by atoms with Crippen LogP contribution in [0.25, 0.3) is 0 Å². The summed E-state index contributed by atoms with van der Waals surface area (Å²) in [6.07, 6.45) is 4.02. The summed E-state index contributed by atoms with van der Waals surface area (Å²) in [6, 6.07) is 3.57. The van der Waals surface area contributed by atoms with Crippen molar-refractivity contribution in [2.75, 3.05) is 5.32 Å². The van der Waals surface area contributed by atoms with E-state index in [9.17, 15) is 4.79 Å². The van der Waals surface area contributed by atoms with E-state index in [1.807, 2.05) is 6.07 Å². The molecule has 0 saturated heterocycles. The molecule has 6 heteroatoms. The highest BCUT2D eigenvalue weighted by atomic mass is 16.1. The van der Waals surface area contributed by atoms with Crippen LogP contribution in [0.2, 0.25) is 0 Å². The Morgan fingerprint density at radius 2 is 2.26 bits per heavy atom. The first-order valence-electron chi connectivity index (χ1n) is 6.28. The predicted molar refractivity (Wildman–Crippen MR) is 69.9 cm³/mol. The lowest BCUT2D eigenvalue weighted by molar-refractivity contribution is 0.102. The summed E-state index contributed by atoms with van der Waals surface area (Å²) < 4.78 is 1.55. The lowest BCUT2D eigenvalue weighted by Crippen LogP contribution is -2.15. The average molecular weight is 257 g/mol. The molecule has 1 saturated carbocycles. The zero-order valence-corrected chi connectivity index (χ0v) is 10.9. The molecule has 0 bridgehead atoms. The minimum absolute atomic E-state index is 0.181. The van der Waals surface area contributed by atoms with Crippen LogP contribution in [0.5, 0.6) is 0 Å². The van der Waals surface area contributed by atoms with Crippen molar-refractivity contribution in [3.63, 3.8) is 0 Å². The highest BCUT2D eigenvalue weighted by Crippen LogP contribution is 2.38. The third-order valence-electron chi connectivity index (χ3n) is 3.13. The second-order valence-electron chi connectivity index (χ2n) is 4.80. The quantitative estimate of drug-likeness (QED) is 0.907. The van der Waals surface area contributed by atoms with Gasteiger partial charge in [-0.25, -0.2) is 4.68 Å². The van der Waals surface area contributed by atoms with Gasteiger partial charge in [-0.05, 0) is 31.9 Å². The minimum Gasteiger partial charge on any atom is -0.291 e. The normalized spacial score (nSPS) is 14.4. The number of nitrogens with zero attached hydrogens (tertiary/aromatic N) is 4. The summed E-state index contributed by atoms with van der Waals surface area (Å²) in [7, 11) is 1.75. The van der Waals surface area contributed by atoms with E-state index in [0.717, 1.165) is 5.69 Å². The average Bonchev–Trinajstić information content (AvgIpc) is 3.18. The van der Waals surface area contributed by atoms with Gasteiger partial charge in [-0.2, -0.15) is 10.1 Å². The van der Waals surface area contributed by atoms with Crippen molar-refractivity contribution in [2.45, 2.75) is 25.7 Å². The third-order valence-corrected chi connectivity index (χ3v) is 3.13. The number of rotatable bonds is 3. The molecular formula is C13H15N5O. The lowest BCUT2D eigenvalue weighted by Gasteiger charge is -2.05. The second kappa shape index (κ2) is 4.46. The van der Waals surface area contributed by atoms with Crippen molar-refractivity contribution in [3.05, 3.63) is 35.4 Å². The number of carbonyl (C=O) groups is 1. The van der Waals surface area contributed by atoms with Crippen LogP contribution in [0.4, 0.5) is 5.95 Å². The van der Waals surface area contributed by atoms with Gasteiger partial charge in [0.2, 0.25) is 5.95 Å². The molecule has 1 N–H and O–H groups in total. The van der Waals surface area contributed by atoms with Crippen LogP contribution in [0, 0.1) is 6.92 Å². The van der Waals surface area contributed by atoms with Crippen LogP contribution < -0.4 is 5.32 Å². The fourth-order valence-electron chi connectivity index (χ4n) is 1.99. The van der Waals surface area contributed by atoms with Gasteiger partial charge in [0.25, 0.3) is 5.91 Å². The first-order valence-corrected chi connectivity index (χ1v) is 6.28. The Morgan fingerprint density at radius 3 is 2.89 bits per heavy atom. The number of pyridine rings is 1. The molecule has 1 fully saturated rings. The van der Waals surface area contributed by atoms with Crippen LogP contribution in [-0.4, -0.2) is 25.7 Å². The van der Waals surface area contributed by atoms with Crippen molar-refractivity contribution in [3.8, 4) is 0 Å². The number of carbonyl (C=O) groups excluding carboxylic acids is 1. The first-order chi connectivity index (χ1) is 9.13. The topological polar surface area (TPSA) is 72.7 Å². The summed E-state index contributed by atoms with van der Waals surface area (Å²) in [5, 5.41) is 6.85. The van der Waals surface area contributed by atoms with E-state index in [4.69, 9.17) is 0 Å². The molecule has 0 unspecified atom stereocenters. The van der Waals surface area contributed by atoms with Gasteiger partial charge in [0.1, 0.15) is 5.82 Å². The van der Waals surface area contributed by atoms with Gasteiger partial charge in [-0.1, -0.05) is 0 Å². The molecule has 1 amide bonds. The molecule has 0 radical (unpaired) electrons. The van der Waals surface area contributed by atoms with Crippen LogP contribution in [0.1, 0.15) is 40.6 Å². The Hall–Kier alpha value is -2.24. The van der Waals surface area contributed by atoms with Crippen molar-refractivity contribution < 1.29 is 4.79 Å². The molecule has 0 atom stereocenters. The molecule has 2 aromatic rings. The number of aryl methyl sites for hydroxylation is 2. The molecule has 19 heavy (non-hydrogen) atoms. The molecule has 0 aliphatic heterocycles. The van der Waals surface area contributed by atoms with E-state index in [1.54, 1.807) is 30.9 Å². The zero-order chi connectivity index (χ0) is 13.4. The number of amides is 1. The summed E-state index contributed by atoms with van der Waals surface area (Å²) in [4.78, 5) is 20.6. The van der Waals surface area contributed by atoms with Crippen LogP contribution in [0.3, 0.4) is 0 Å². The van der Waals surface area contributed by atoms with E-state index in [0.29, 0.717) is 23.3 Å². The van der Waals surface area contributed by atoms with E-state index in [1.165, 1.54) is 12.8 Å². The molecule has 0 spiro atoms. The molecule has 1 aliphatic carbocycles. The Bertz CT molecular complexity index is 630. The Labute approximate surface area is 110 Å². The molecule has 1 aliphatic rings. The SMILES string of the molecule is Cc1nc(NC(=O)c2ccnc(C3CC3)c2)n(C)n1. The van der Waals surface area contributed by atoms with Gasteiger partial charge in [0.15, 0.2) is 0 Å². The summed E-state index contributed by atoms with van der Waals surface area (Å²) in [6.45, 7) is 1.79. The third kappa shape index (κ3) is 2.47. The monoisotopic (exact) mass is 257 g/mol. The Kier molecular flexibility index (Phi) is 2.77. The van der Waals surface area contributed by atoms with E-state index >= 15 is 0 Å². The Morgan fingerprint density at radius 1 is 1.47 bits per heavy atom. The van der Waals surface area contributed by atoms with Gasteiger partial charge >= 0.3 is 0 Å². The van der Waals surface area contributed by atoms with Gasteiger partial charge in [-0.3, -0.25) is 15.1 Å². The van der Waals surface area contributed by atoms with E-state index in [-0.39, 0.29) is 5.91 Å². The van der Waals surface area contributed by atoms with Crippen molar-refractivity contribution in [2.24, 2.45) is 7.05 Å². The smallest absolute Gasteiger partial charge is 0.258 e. The fraction of sp³-hybridized carbons (Fsp3) is 0.385. The molecular weight excluding hydrogens is 242 g/mol. The zero-order valence-electron chi connectivity index (χ0n) is 10.9. The van der Waals surface area contributed by atoms with Crippen LogP contribution >= 0.6 is 0 Å². The largest absolute Gasteiger partial charge is 0.291 e. The van der Waals surface area contributed by atoms with Crippen molar-refractivity contribution in [1.29, 1.82) is 0 Å². The first kappa shape index (κ1) is 11.8. The summed E-state index contributed by atoms with van der Waals surface area (Å²) in [5.74, 6) is 1.43. The minimum atomic E-state index is -0.181. The fourth-order valence-corrected chi connectivity index (χ4v) is 1.99. The second-order valence-corrected chi connectivity index (χ2v) is 4.80. The van der Waals surface area contributed by atoms with Crippen LogP contribution in [0.15, 0.2) is 18.3 Å². The number of nitrogens with one attached hydrogen (secondary N) is 1. The summed E-state index contributed by atoms with van der Waals surface area (Å²) in [5.41, 5.74) is 1.61.